The van der Waals surface area contributed by atoms with Crippen LogP contribution in [0, 0.1) is 23.7 Å². The van der Waals surface area contributed by atoms with Crippen molar-refractivity contribution in [3.05, 3.63) is 97.0 Å². The van der Waals surface area contributed by atoms with E-state index in [0.717, 1.165) is 77.4 Å². The number of fused-ring (bicyclic) bond motifs is 2. The summed E-state index contributed by atoms with van der Waals surface area (Å²) < 4.78 is 4.76. The van der Waals surface area contributed by atoms with Crippen LogP contribution in [0.3, 0.4) is 0 Å². The van der Waals surface area contributed by atoms with E-state index >= 15 is 0 Å². The molecule has 3 aromatic heterocycles. The lowest BCUT2D eigenvalue weighted by Gasteiger charge is -2.31. The second-order valence-corrected chi connectivity index (χ2v) is 15.5. The number of carbonyl (C=O) groups is 3. The van der Waals surface area contributed by atoms with Gasteiger partial charge in [-0.05, 0) is 84.2 Å². The normalized spacial score (nSPS) is 22.2. The van der Waals surface area contributed by atoms with Gasteiger partial charge in [0.1, 0.15) is 23.5 Å². The maximum absolute atomic E-state index is 13.8. The van der Waals surface area contributed by atoms with Crippen LogP contribution in [0.4, 0.5) is 10.6 Å². The van der Waals surface area contributed by atoms with Crippen molar-refractivity contribution in [2.24, 2.45) is 23.7 Å². The Labute approximate surface area is 321 Å². The summed E-state index contributed by atoms with van der Waals surface area (Å²) >= 11 is 0. The summed E-state index contributed by atoms with van der Waals surface area (Å²) in [5.41, 5.74) is 6.04. The first-order valence-corrected chi connectivity index (χ1v) is 19.3. The summed E-state index contributed by atoms with van der Waals surface area (Å²) in [5.74, 6) is 3.00. The standard InChI is InChI=1S/C43H48N8O4/c1-25(2)38(49-43(54)55-4)42(53)51-21-7-8-34(51)39-45-23-32(47-39)28-14-10-26(11-15-28)27-12-16-29(17-13-27)33-24-46-40(48-33)36-30-18-19-31(22-30)37(36)41(52)50(3)35-9-5-6-20-44-35/h5-6,9-17,20,23-25,30-31,34,36-38H,7-8,18-19,21-22H2,1-4H3,(H,45,47)(H,46,48)(H,49,54)/t30?,31?,34-,36?,37?,38-/m0/s1. The van der Waals surface area contributed by atoms with Gasteiger partial charge in [0, 0.05) is 25.7 Å². The van der Waals surface area contributed by atoms with Gasteiger partial charge < -0.3 is 24.9 Å². The fraction of sp³-hybridized carbons (Fsp3) is 0.395. The van der Waals surface area contributed by atoms with Crippen LogP contribution in [0.5, 0.6) is 0 Å². The molecule has 2 bridgehead atoms. The molecule has 2 saturated carbocycles. The summed E-state index contributed by atoms with van der Waals surface area (Å²) in [6.07, 6.45) is 9.77. The predicted molar refractivity (Wildman–Crippen MR) is 210 cm³/mol. The first-order chi connectivity index (χ1) is 26.7. The van der Waals surface area contributed by atoms with Gasteiger partial charge in [-0.2, -0.15) is 0 Å². The highest BCUT2D eigenvalue weighted by Crippen LogP contribution is 2.56. The van der Waals surface area contributed by atoms with E-state index in [2.05, 4.69) is 73.8 Å². The average molecular weight is 741 g/mol. The molecule has 5 aromatic rings. The number of alkyl carbamates (subject to hydrolysis) is 1. The zero-order valence-electron chi connectivity index (χ0n) is 31.7. The van der Waals surface area contributed by atoms with Crippen molar-refractivity contribution in [2.75, 3.05) is 25.6 Å². The van der Waals surface area contributed by atoms with E-state index in [9.17, 15) is 14.4 Å². The molecule has 3 amide bonds. The molecular formula is C43H48N8O4. The minimum absolute atomic E-state index is 0.0714. The number of likely N-dealkylation sites (tertiary alicyclic amines) is 1. The molecule has 8 rings (SSSR count). The predicted octanol–water partition coefficient (Wildman–Crippen LogP) is 7.37. The van der Waals surface area contributed by atoms with Crippen LogP contribution in [0.1, 0.15) is 69.6 Å². The van der Waals surface area contributed by atoms with Gasteiger partial charge in [-0.3, -0.25) is 14.5 Å². The van der Waals surface area contributed by atoms with Gasteiger partial charge in [0.2, 0.25) is 11.8 Å². The Balaban J connectivity index is 0.935. The second kappa shape index (κ2) is 15.2. The second-order valence-electron chi connectivity index (χ2n) is 15.5. The summed E-state index contributed by atoms with van der Waals surface area (Å²) in [6, 6.07) is 21.6. The van der Waals surface area contributed by atoms with Gasteiger partial charge in [0.15, 0.2) is 0 Å². The van der Waals surface area contributed by atoms with E-state index in [-0.39, 0.29) is 35.6 Å². The minimum atomic E-state index is -0.677. The fourth-order valence-corrected chi connectivity index (χ4v) is 9.11. The number of pyridine rings is 1. The molecule has 3 aliphatic rings. The number of nitrogens with one attached hydrogen (secondary N) is 3. The first kappa shape index (κ1) is 36.2. The van der Waals surface area contributed by atoms with Gasteiger partial charge in [0.05, 0.1) is 42.9 Å². The van der Waals surface area contributed by atoms with Crippen molar-refractivity contribution >= 4 is 23.7 Å². The molecule has 1 saturated heterocycles. The monoisotopic (exact) mass is 740 g/mol. The SMILES string of the molecule is COC(=O)N[C@H](C(=O)N1CCC[C@H]1c1ncc(-c2ccc(-c3ccc(-c4cnc(C5C6CCC(C6)C5C(=O)N(C)c5ccccn5)[nH]4)cc3)cc2)[nH]1)C(C)C. The van der Waals surface area contributed by atoms with E-state index in [0.29, 0.717) is 24.2 Å². The fourth-order valence-electron chi connectivity index (χ4n) is 9.11. The number of amides is 3. The molecule has 3 fully saturated rings. The highest BCUT2D eigenvalue weighted by Gasteiger charge is 2.53. The lowest BCUT2D eigenvalue weighted by molar-refractivity contribution is -0.135. The number of methoxy groups -OCH3 is 1. The largest absolute Gasteiger partial charge is 0.453 e. The number of hydrogen-bond acceptors (Lipinski definition) is 7. The molecule has 0 radical (unpaired) electrons. The van der Waals surface area contributed by atoms with Crippen molar-refractivity contribution < 1.29 is 19.1 Å². The van der Waals surface area contributed by atoms with Crippen molar-refractivity contribution in [1.82, 2.24) is 35.1 Å². The zero-order valence-corrected chi connectivity index (χ0v) is 31.7. The number of imidazole rings is 2. The quantitative estimate of drug-likeness (QED) is 0.135. The van der Waals surface area contributed by atoms with E-state index in [4.69, 9.17) is 9.72 Å². The molecule has 3 N–H and O–H groups in total. The number of hydrogen-bond donors (Lipinski definition) is 3. The number of H-pyrrole nitrogens is 2. The van der Waals surface area contributed by atoms with Crippen LogP contribution in [0.2, 0.25) is 0 Å². The molecular weight excluding hydrogens is 693 g/mol. The molecule has 4 unspecified atom stereocenters. The third kappa shape index (κ3) is 7.01. The molecule has 4 heterocycles. The maximum atomic E-state index is 13.8. The summed E-state index contributed by atoms with van der Waals surface area (Å²) in [5, 5.41) is 2.70. The third-order valence-corrected chi connectivity index (χ3v) is 12.0. The number of benzene rings is 2. The van der Waals surface area contributed by atoms with Crippen molar-refractivity contribution in [3.63, 3.8) is 0 Å². The lowest BCUT2D eigenvalue weighted by atomic mass is 9.78. The first-order valence-electron chi connectivity index (χ1n) is 19.3. The maximum Gasteiger partial charge on any atom is 0.407 e. The average Bonchev–Trinajstić information content (AvgIpc) is 4.08. The van der Waals surface area contributed by atoms with Crippen LogP contribution < -0.4 is 10.2 Å². The molecule has 284 valence electrons. The van der Waals surface area contributed by atoms with E-state index in [1.165, 1.54) is 7.11 Å². The van der Waals surface area contributed by atoms with Crippen molar-refractivity contribution in [2.45, 2.75) is 64.0 Å². The highest BCUT2D eigenvalue weighted by atomic mass is 16.5. The zero-order chi connectivity index (χ0) is 38.2. The number of nitrogens with zero attached hydrogens (tertiary/aromatic N) is 5. The molecule has 2 aliphatic carbocycles. The smallest absolute Gasteiger partial charge is 0.407 e. The number of anilines is 1. The Morgan fingerprint density at radius 1 is 0.818 bits per heavy atom. The Morgan fingerprint density at radius 3 is 2.05 bits per heavy atom. The number of carbonyl (C=O) groups excluding carboxylic acids is 3. The molecule has 6 atom stereocenters. The topological polar surface area (TPSA) is 149 Å². The molecule has 12 nitrogen and oxygen atoms in total. The van der Waals surface area contributed by atoms with Gasteiger partial charge >= 0.3 is 6.09 Å². The number of aromatic nitrogens is 5. The number of aromatic amines is 2. The van der Waals surface area contributed by atoms with Gasteiger partial charge in [0.25, 0.3) is 0 Å². The molecule has 0 spiro atoms. The van der Waals surface area contributed by atoms with Crippen molar-refractivity contribution in [3.8, 4) is 33.6 Å². The van der Waals surface area contributed by atoms with E-state index in [1.807, 2.05) is 56.4 Å². The molecule has 12 heteroatoms. The van der Waals surface area contributed by atoms with Crippen LogP contribution in [0.15, 0.2) is 85.3 Å². The number of rotatable bonds is 10. The molecule has 2 aromatic carbocycles. The van der Waals surface area contributed by atoms with Gasteiger partial charge in [-0.25, -0.2) is 19.7 Å². The minimum Gasteiger partial charge on any atom is -0.453 e. The Kier molecular flexibility index (Phi) is 9.98. The van der Waals surface area contributed by atoms with Crippen LogP contribution in [-0.4, -0.2) is 74.5 Å². The number of ether oxygens (including phenoxy) is 1. The Hall–Kier alpha value is -5.78. The lowest BCUT2D eigenvalue weighted by Crippen LogP contribution is -2.51. The van der Waals surface area contributed by atoms with Gasteiger partial charge in [-0.15, -0.1) is 0 Å². The van der Waals surface area contributed by atoms with Crippen LogP contribution in [-0.2, 0) is 14.3 Å². The van der Waals surface area contributed by atoms with Crippen LogP contribution >= 0.6 is 0 Å². The Morgan fingerprint density at radius 2 is 1.44 bits per heavy atom. The van der Waals surface area contributed by atoms with E-state index in [1.54, 1.807) is 11.1 Å². The van der Waals surface area contributed by atoms with E-state index < -0.39 is 12.1 Å². The summed E-state index contributed by atoms with van der Waals surface area (Å²) in [7, 11) is 3.13. The Bertz CT molecular complexity index is 2140. The van der Waals surface area contributed by atoms with Crippen molar-refractivity contribution in [1.29, 1.82) is 0 Å². The summed E-state index contributed by atoms with van der Waals surface area (Å²) in [6.45, 7) is 4.42. The molecule has 55 heavy (non-hydrogen) atoms. The van der Waals surface area contributed by atoms with Gasteiger partial charge in [-0.1, -0.05) is 68.4 Å². The summed E-state index contributed by atoms with van der Waals surface area (Å²) in [4.78, 5) is 63.9. The third-order valence-electron chi connectivity index (χ3n) is 12.0. The molecule has 1 aliphatic heterocycles. The highest BCUT2D eigenvalue weighted by molar-refractivity contribution is 5.95. The van der Waals surface area contributed by atoms with Crippen LogP contribution in [0.25, 0.3) is 33.6 Å².